The van der Waals surface area contributed by atoms with Gasteiger partial charge < -0.3 is 5.32 Å². The fourth-order valence-electron chi connectivity index (χ4n) is 3.13. The molecule has 1 unspecified atom stereocenters. The van der Waals surface area contributed by atoms with Gasteiger partial charge in [0, 0.05) is 6.04 Å². The summed E-state index contributed by atoms with van der Waals surface area (Å²) in [5.41, 5.74) is 0.705. The first-order valence-corrected chi connectivity index (χ1v) is 5.57. The first-order chi connectivity index (χ1) is 5.83. The molecular formula is C11H21N. The van der Waals surface area contributed by atoms with E-state index < -0.39 is 0 Å². The molecule has 0 radical (unpaired) electrons. The molecule has 1 heterocycles. The average Bonchev–Trinajstić information content (AvgIpc) is 2.12. The van der Waals surface area contributed by atoms with Crippen molar-refractivity contribution < 1.29 is 0 Å². The highest BCUT2D eigenvalue weighted by molar-refractivity contribution is 4.93. The van der Waals surface area contributed by atoms with Gasteiger partial charge in [-0.2, -0.15) is 0 Å². The zero-order valence-corrected chi connectivity index (χ0v) is 8.23. The Bertz CT molecular complexity index is 139. The Labute approximate surface area is 75.9 Å². The van der Waals surface area contributed by atoms with Crippen molar-refractivity contribution in [2.45, 2.75) is 57.9 Å². The van der Waals surface area contributed by atoms with Crippen molar-refractivity contribution in [2.75, 3.05) is 6.54 Å². The summed E-state index contributed by atoms with van der Waals surface area (Å²) in [6.07, 6.45) is 10.3. The molecule has 1 saturated heterocycles. The van der Waals surface area contributed by atoms with Gasteiger partial charge in [-0.05, 0) is 44.6 Å². The summed E-state index contributed by atoms with van der Waals surface area (Å²) >= 11 is 0. The predicted octanol–water partition coefficient (Wildman–Crippen LogP) is 2.71. The van der Waals surface area contributed by atoms with Crippen LogP contribution >= 0.6 is 0 Å². The number of piperidine rings is 1. The zero-order valence-electron chi connectivity index (χ0n) is 8.23. The van der Waals surface area contributed by atoms with Gasteiger partial charge in [0.25, 0.3) is 0 Å². The Kier molecular flexibility index (Phi) is 2.40. The summed E-state index contributed by atoms with van der Waals surface area (Å²) < 4.78 is 0. The molecule has 1 saturated carbocycles. The molecule has 0 aromatic rings. The minimum Gasteiger partial charge on any atom is -0.314 e. The molecule has 12 heavy (non-hydrogen) atoms. The molecule has 2 rings (SSSR count). The van der Waals surface area contributed by atoms with Crippen LogP contribution in [0.5, 0.6) is 0 Å². The maximum atomic E-state index is 3.64. The minimum absolute atomic E-state index is 0.705. The number of nitrogens with one attached hydrogen (secondary N) is 1. The SMILES string of the molecule is CC1NCCCC12CCCCC2. The van der Waals surface area contributed by atoms with Crippen molar-refractivity contribution >= 4 is 0 Å². The minimum atomic E-state index is 0.705. The van der Waals surface area contributed by atoms with Crippen LogP contribution in [-0.2, 0) is 0 Å². The lowest BCUT2D eigenvalue weighted by atomic mass is 9.65. The van der Waals surface area contributed by atoms with Gasteiger partial charge in [-0.25, -0.2) is 0 Å². The molecule has 2 fully saturated rings. The molecule has 0 aromatic heterocycles. The zero-order chi connectivity index (χ0) is 8.44. The summed E-state index contributed by atoms with van der Waals surface area (Å²) in [6, 6.07) is 0.784. The van der Waals surface area contributed by atoms with Crippen LogP contribution in [0.15, 0.2) is 0 Å². The Morgan fingerprint density at radius 3 is 2.33 bits per heavy atom. The molecule has 0 bridgehead atoms. The summed E-state index contributed by atoms with van der Waals surface area (Å²) in [7, 11) is 0. The molecule has 0 amide bonds. The Morgan fingerprint density at radius 1 is 1.00 bits per heavy atom. The van der Waals surface area contributed by atoms with Gasteiger partial charge in [0.1, 0.15) is 0 Å². The molecule has 70 valence electrons. The van der Waals surface area contributed by atoms with Gasteiger partial charge in [-0.1, -0.05) is 19.3 Å². The van der Waals surface area contributed by atoms with Crippen molar-refractivity contribution in [3.63, 3.8) is 0 Å². The van der Waals surface area contributed by atoms with Gasteiger partial charge in [-0.15, -0.1) is 0 Å². The van der Waals surface area contributed by atoms with E-state index in [9.17, 15) is 0 Å². The van der Waals surface area contributed by atoms with Crippen LogP contribution in [0.3, 0.4) is 0 Å². The summed E-state index contributed by atoms with van der Waals surface area (Å²) in [4.78, 5) is 0. The lowest BCUT2D eigenvalue weighted by Crippen LogP contribution is -2.48. The largest absolute Gasteiger partial charge is 0.314 e. The molecule has 1 aliphatic heterocycles. The molecule has 1 N–H and O–H groups in total. The third kappa shape index (κ3) is 1.39. The van der Waals surface area contributed by atoms with Crippen molar-refractivity contribution in [1.82, 2.24) is 5.32 Å². The van der Waals surface area contributed by atoms with Gasteiger partial charge in [0.15, 0.2) is 0 Å². The van der Waals surface area contributed by atoms with Gasteiger partial charge >= 0.3 is 0 Å². The second kappa shape index (κ2) is 3.37. The highest BCUT2D eigenvalue weighted by atomic mass is 14.9. The first-order valence-electron chi connectivity index (χ1n) is 5.57. The highest BCUT2D eigenvalue weighted by Gasteiger charge is 2.38. The summed E-state index contributed by atoms with van der Waals surface area (Å²) in [5, 5.41) is 3.64. The maximum absolute atomic E-state index is 3.64. The van der Waals surface area contributed by atoms with Gasteiger partial charge in [-0.3, -0.25) is 0 Å². The highest BCUT2D eigenvalue weighted by Crippen LogP contribution is 2.44. The molecule has 1 atom stereocenters. The van der Waals surface area contributed by atoms with Crippen molar-refractivity contribution in [3.8, 4) is 0 Å². The second-order valence-corrected chi connectivity index (χ2v) is 4.70. The predicted molar refractivity (Wildman–Crippen MR) is 52.2 cm³/mol. The smallest absolute Gasteiger partial charge is 0.00951 e. The molecular weight excluding hydrogens is 146 g/mol. The Morgan fingerprint density at radius 2 is 1.67 bits per heavy atom. The van der Waals surface area contributed by atoms with E-state index in [0.29, 0.717) is 5.41 Å². The van der Waals surface area contributed by atoms with Gasteiger partial charge in [0.05, 0.1) is 0 Å². The monoisotopic (exact) mass is 167 g/mol. The van der Waals surface area contributed by atoms with Crippen molar-refractivity contribution in [3.05, 3.63) is 0 Å². The fourth-order valence-corrected chi connectivity index (χ4v) is 3.13. The van der Waals surface area contributed by atoms with E-state index in [1.54, 1.807) is 0 Å². The van der Waals surface area contributed by atoms with Gasteiger partial charge in [0.2, 0.25) is 0 Å². The summed E-state index contributed by atoms with van der Waals surface area (Å²) in [5.74, 6) is 0. The third-order valence-electron chi connectivity index (χ3n) is 4.07. The van der Waals surface area contributed by atoms with E-state index in [-0.39, 0.29) is 0 Å². The second-order valence-electron chi connectivity index (χ2n) is 4.70. The van der Waals surface area contributed by atoms with E-state index in [2.05, 4.69) is 12.2 Å². The van der Waals surface area contributed by atoms with E-state index >= 15 is 0 Å². The average molecular weight is 167 g/mol. The van der Waals surface area contributed by atoms with Crippen LogP contribution in [0.2, 0.25) is 0 Å². The molecule has 1 spiro atoms. The molecule has 1 heteroatoms. The normalized spacial score (nSPS) is 35.2. The van der Waals surface area contributed by atoms with Crippen LogP contribution in [0, 0.1) is 5.41 Å². The van der Waals surface area contributed by atoms with Crippen molar-refractivity contribution in [2.24, 2.45) is 5.41 Å². The van der Waals surface area contributed by atoms with Crippen LogP contribution in [-0.4, -0.2) is 12.6 Å². The number of rotatable bonds is 0. The summed E-state index contributed by atoms with van der Waals surface area (Å²) in [6.45, 7) is 3.65. The lowest BCUT2D eigenvalue weighted by Gasteiger charge is -2.46. The number of hydrogen-bond acceptors (Lipinski definition) is 1. The van der Waals surface area contributed by atoms with E-state index in [1.165, 1.54) is 51.5 Å². The third-order valence-corrected chi connectivity index (χ3v) is 4.07. The van der Waals surface area contributed by atoms with E-state index in [1.807, 2.05) is 0 Å². The van der Waals surface area contributed by atoms with Crippen LogP contribution < -0.4 is 5.32 Å². The molecule has 0 aromatic carbocycles. The fraction of sp³-hybridized carbons (Fsp3) is 1.00. The Balaban J connectivity index is 2.04. The van der Waals surface area contributed by atoms with Crippen LogP contribution in [0.25, 0.3) is 0 Å². The van der Waals surface area contributed by atoms with E-state index in [0.717, 1.165) is 6.04 Å². The standard InChI is InChI=1S/C11H21N/c1-10-11(8-5-9-12-10)6-3-2-4-7-11/h10,12H,2-9H2,1H3. The quantitative estimate of drug-likeness (QED) is 0.585. The molecule has 1 aliphatic carbocycles. The van der Waals surface area contributed by atoms with Crippen molar-refractivity contribution in [1.29, 1.82) is 0 Å². The topological polar surface area (TPSA) is 12.0 Å². The first kappa shape index (κ1) is 8.55. The Hall–Kier alpha value is -0.0400. The molecule has 2 aliphatic rings. The lowest BCUT2D eigenvalue weighted by molar-refractivity contribution is 0.0907. The molecule has 1 nitrogen and oxygen atoms in total. The van der Waals surface area contributed by atoms with E-state index in [4.69, 9.17) is 0 Å². The number of hydrogen-bond donors (Lipinski definition) is 1. The van der Waals surface area contributed by atoms with Crippen LogP contribution in [0.4, 0.5) is 0 Å². The maximum Gasteiger partial charge on any atom is 0.00951 e. The van der Waals surface area contributed by atoms with Crippen LogP contribution in [0.1, 0.15) is 51.9 Å².